The van der Waals surface area contributed by atoms with Crippen LogP contribution in [0.3, 0.4) is 0 Å². The highest BCUT2D eigenvalue weighted by atomic mass is 15.4. The minimum Gasteiger partial charge on any atom is -0.337 e. The summed E-state index contributed by atoms with van der Waals surface area (Å²) in [5, 5.41) is 10.9. The Labute approximate surface area is 119 Å². The molecule has 3 rings (SSSR count). The standard InChI is InChI=1S/C15H21N5/c1-10-5-4-6-13(12(10)3)14-17-15(19-18-14)20-8-7-16-11(2)9-20/h4-6,11,16H,7-9H2,1-3H3,(H,17,18,19)/t11-/m1/s1. The van der Waals surface area contributed by atoms with E-state index in [1.165, 1.54) is 11.1 Å². The van der Waals surface area contributed by atoms with E-state index in [1.807, 2.05) is 0 Å². The monoisotopic (exact) mass is 271 g/mol. The van der Waals surface area contributed by atoms with Crippen molar-refractivity contribution < 1.29 is 0 Å². The number of aromatic nitrogens is 3. The number of rotatable bonds is 2. The molecular weight excluding hydrogens is 250 g/mol. The maximum atomic E-state index is 4.67. The Bertz CT molecular complexity index is 604. The van der Waals surface area contributed by atoms with E-state index in [-0.39, 0.29) is 0 Å². The van der Waals surface area contributed by atoms with E-state index in [4.69, 9.17) is 0 Å². The van der Waals surface area contributed by atoms with Gasteiger partial charge < -0.3 is 10.2 Å². The van der Waals surface area contributed by atoms with Crippen LogP contribution in [0.25, 0.3) is 11.4 Å². The fourth-order valence-corrected chi connectivity index (χ4v) is 2.64. The SMILES string of the molecule is Cc1cccc(-c2nc(N3CCN[C@H](C)C3)n[nH]2)c1C. The second-order valence-corrected chi connectivity index (χ2v) is 5.53. The number of H-pyrrole nitrogens is 1. The molecule has 0 radical (unpaired) electrons. The van der Waals surface area contributed by atoms with Crippen LogP contribution in [0.4, 0.5) is 5.95 Å². The summed E-state index contributed by atoms with van der Waals surface area (Å²) >= 11 is 0. The van der Waals surface area contributed by atoms with Crippen molar-refractivity contribution in [1.29, 1.82) is 0 Å². The molecule has 1 atom stereocenters. The number of piperazine rings is 1. The summed E-state index contributed by atoms with van der Waals surface area (Å²) in [6, 6.07) is 6.75. The van der Waals surface area contributed by atoms with Crippen LogP contribution in [0, 0.1) is 13.8 Å². The quantitative estimate of drug-likeness (QED) is 0.875. The van der Waals surface area contributed by atoms with Crippen molar-refractivity contribution in [2.75, 3.05) is 24.5 Å². The molecule has 1 aliphatic heterocycles. The van der Waals surface area contributed by atoms with Gasteiger partial charge in [0.1, 0.15) is 0 Å². The number of benzene rings is 1. The van der Waals surface area contributed by atoms with E-state index in [1.54, 1.807) is 0 Å². The Kier molecular flexibility index (Phi) is 3.44. The van der Waals surface area contributed by atoms with Crippen molar-refractivity contribution >= 4 is 5.95 Å². The molecule has 1 aromatic heterocycles. The fourth-order valence-electron chi connectivity index (χ4n) is 2.64. The Morgan fingerprint density at radius 1 is 1.30 bits per heavy atom. The van der Waals surface area contributed by atoms with Gasteiger partial charge in [-0.25, -0.2) is 0 Å². The molecule has 2 aromatic rings. The lowest BCUT2D eigenvalue weighted by Crippen LogP contribution is -2.49. The summed E-state index contributed by atoms with van der Waals surface area (Å²) in [5.41, 5.74) is 3.66. The van der Waals surface area contributed by atoms with Gasteiger partial charge in [0.25, 0.3) is 0 Å². The zero-order chi connectivity index (χ0) is 14.1. The van der Waals surface area contributed by atoms with Gasteiger partial charge >= 0.3 is 0 Å². The summed E-state index contributed by atoms with van der Waals surface area (Å²) in [6.07, 6.45) is 0. The molecule has 5 nitrogen and oxygen atoms in total. The van der Waals surface area contributed by atoms with Gasteiger partial charge in [0, 0.05) is 31.2 Å². The lowest BCUT2D eigenvalue weighted by Gasteiger charge is -2.30. The van der Waals surface area contributed by atoms with Crippen molar-refractivity contribution in [3.63, 3.8) is 0 Å². The maximum absolute atomic E-state index is 4.67. The minimum atomic E-state index is 0.478. The Hall–Kier alpha value is -1.88. The first-order valence-corrected chi connectivity index (χ1v) is 7.12. The molecule has 0 unspecified atom stereocenters. The van der Waals surface area contributed by atoms with E-state index < -0.39 is 0 Å². The van der Waals surface area contributed by atoms with Gasteiger partial charge in [-0.15, -0.1) is 5.10 Å². The van der Waals surface area contributed by atoms with Gasteiger partial charge in [-0.3, -0.25) is 5.10 Å². The summed E-state index contributed by atoms with van der Waals surface area (Å²) in [4.78, 5) is 6.90. The van der Waals surface area contributed by atoms with Crippen molar-refractivity contribution in [2.45, 2.75) is 26.8 Å². The van der Waals surface area contributed by atoms with Crippen LogP contribution in [0.1, 0.15) is 18.1 Å². The Morgan fingerprint density at radius 2 is 2.15 bits per heavy atom. The highest BCUT2D eigenvalue weighted by molar-refractivity contribution is 5.62. The third kappa shape index (κ3) is 2.41. The first-order valence-electron chi connectivity index (χ1n) is 7.12. The van der Waals surface area contributed by atoms with Crippen molar-refractivity contribution in [1.82, 2.24) is 20.5 Å². The van der Waals surface area contributed by atoms with Crippen molar-refractivity contribution in [3.05, 3.63) is 29.3 Å². The number of hydrogen-bond donors (Lipinski definition) is 2. The zero-order valence-corrected chi connectivity index (χ0v) is 12.3. The fraction of sp³-hybridized carbons (Fsp3) is 0.467. The molecule has 1 aliphatic rings. The Morgan fingerprint density at radius 3 is 2.95 bits per heavy atom. The van der Waals surface area contributed by atoms with E-state index in [9.17, 15) is 0 Å². The highest BCUT2D eigenvalue weighted by Crippen LogP contribution is 2.23. The van der Waals surface area contributed by atoms with Crippen LogP contribution >= 0.6 is 0 Å². The van der Waals surface area contributed by atoms with Crippen LogP contribution in [-0.4, -0.2) is 40.9 Å². The Balaban J connectivity index is 1.88. The minimum absolute atomic E-state index is 0.478. The molecule has 2 heterocycles. The lowest BCUT2D eigenvalue weighted by atomic mass is 10.0. The molecule has 1 saturated heterocycles. The summed E-state index contributed by atoms with van der Waals surface area (Å²) in [6.45, 7) is 9.31. The zero-order valence-electron chi connectivity index (χ0n) is 12.3. The van der Waals surface area contributed by atoms with Crippen molar-refractivity contribution in [3.8, 4) is 11.4 Å². The van der Waals surface area contributed by atoms with Gasteiger partial charge in [-0.05, 0) is 31.9 Å². The van der Waals surface area contributed by atoms with Crippen LogP contribution in [0.2, 0.25) is 0 Å². The van der Waals surface area contributed by atoms with E-state index in [0.29, 0.717) is 6.04 Å². The van der Waals surface area contributed by atoms with Gasteiger partial charge in [-0.2, -0.15) is 4.98 Å². The predicted octanol–water partition coefficient (Wildman–Crippen LogP) is 1.89. The number of aryl methyl sites for hydroxylation is 1. The topological polar surface area (TPSA) is 56.8 Å². The number of aromatic amines is 1. The molecule has 5 heteroatoms. The smallest absolute Gasteiger partial charge is 0.245 e. The molecule has 0 aliphatic carbocycles. The first kappa shape index (κ1) is 13.1. The molecule has 1 aromatic carbocycles. The molecule has 20 heavy (non-hydrogen) atoms. The van der Waals surface area contributed by atoms with Gasteiger partial charge in [0.05, 0.1) is 0 Å². The molecule has 1 fully saturated rings. The van der Waals surface area contributed by atoms with E-state index in [0.717, 1.165) is 37.0 Å². The van der Waals surface area contributed by atoms with Crippen LogP contribution in [0.15, 0.2) is 18.2 Å². The van der Waals surface area contributed by atoms with Gasteiger partial charge in [0.15, 0.2) is 5.82 Å². The third-order valence-corrected chi connectivity index (χ3v) is 3.98. The molecule has 0 bridgehead atoms. The number of anilines is 1. The summed E-state index contributed by atoms with van der Waals surface area (Å²) in [7, 11) is 0. The number of nitrogens with zero attached hydrogens (tertiary/aromatic N) is 3. The molecule has 106 valence electrons. The summed E-state index contributed by atoms with van der Waals surface area (Å²) < 4.78 is 0. The predicted molar refractivity (Wildman–Crippen MR) is 81.0 cm³/mol. The maximum Gasteiger partial charge on any atom is 0.245 e. The molecular formula is C15H21N5. The van der Waals surface area contributed by atoms with Crippen LogP contribution in [-0.2, 0) is 0 Å². The average molecular weight is 271 g/mol. The second-order valence-electron chi connectivity index (χ2n) is 5.53. The summed E-state index contributed by atoms with van der Waals surface area (Å²) in [5.74, 6) is 1.65. The number of nitrogens with one attached hydrogen (secondary N) is 2. The van der Waals surface area contributed by atoms with Gasteiger partial charge in [-0.1, -0.05) is 18.2 Å². The lowest BCUT2D eigenvalue weighted by molar-refractivity contribution is 0.480. The molecule has 0 spiro atoms. The number of hydrogen-bond acceptors (Lipinski definition) is 4. The highest BCUT2D eigenvalue weighted by Gasteiger charge is 2.20. The van der Waals surface area contributed by atoms with Crippen LogP contribution in [0.5, 0.6) is 0 Å². The van der Waals surface area contributed by atoms with E-state index >= 15 is 0 Å². The largest absolute Gasteiger partial charge is 0.337 e. The third-order valence-electron chi connectivity index (χ3n) is 3.98. The molecule has 0 amide bonds. The van der Waals surface area contributed by atoms with Crippen LogP contribution < -0.4 is 10.2 Å². The average Bonchev–Trinajstić information content (AvgIpc) is 2.91. The molecule has 0 saturated carbocycles. The normalized spacial score (nSPS) is 19.4. The molecule has 2 N–H and O–H groups in total. The van der Waals surface area contributed by atoms with Gasteiger partial charge in [0.2, 0.25) is 5.95 Å². The second kappa shape index (κ2) is 5.25. The van der Waals surface area contributed by atoms with E-state index in [2.05, 4.69) is 64.4 Å². The van der Waals surface area contributed by atoms with Crippen molar-refractivity contribution in [2.24, 2.45) is 0 Å². The first-order chi connectivity index (χ1) is 9.65.